The molecule has 17 heteroatoms. The van der Waals surface area contributed by atoms with Gasteiger partial charge in [0, 0.05) is 24.2 Å². The normalized spacial score (nSPS) is 16.2. The molecular weight excluding hydrogens is 690 g/mol. The number of alkyl halides is 2. The number of carbonyl (C=O) groups is 1. The zero-order chi connectivity index (χ0) is 35.8. The van der Waals surface area contributed by atoms with E-state index < -0.39 is 39.5 Å². The van der Waals surface area contributed by atoms with Crippen LogP contribution in [0.5, 0.6) is 0 Å². The number of sulfonamides is 1. The number of nitrogens with zero attached hydrogens (tertiary/aromatic N) is 8. The summed E-state index contributed by atoms with van der Waals surface area (Å²) in [6.45, 7) is 6.15. The largest absolute Gasteiger partial charge is 0.369 e. The summed E-state index contributed by atoms with van der Waals surface area (Å²) in [4.78, 5) is 25.7. The summed E-state index contributed by atoms with van der Waals surface area (Å²) in [5.74, 6) is -1.34. The summed E-state index contributed by atoms with van der Waals surface area (Å²) in [5, 5.41) is 12.4. The molecule has 1 amide bonds. The van der Waals surface area contributed by atoms with Crippen LogP contribution in [0.15, 0.2) is 60.0 Å². The van der Waals surface area contributed by atoms with Crippen LogP contribution in [0.3, 0.4) is 0 Å². The van der Waals surface area contributed by atoms with E-state index in [1.165, 1.54) is 17.0 Å². The molecular formula is C33H39ClF2N10O3S. The first-order valence-corrected chi connectivity index (χ1v) is 18.3. The molecule has 2 aromatic heterocycles. The van der Waals surface area contributed by atoms with Gasteiger partial charge in [0.05, 0.1) is 34.2 Å². The minimum Gasteiger partial charge on any atom is -0.369 e. The van der Waals surface area contributed by atoms with Gasteiger partial charge in [-0.25, -0.2) is 31.6 Å². The molecule has 3 N–H and O–H groups in total. The van der Waals surface area contributed by atoms with Crippen LogP contribution in [0.4, 0.5) is 8.78 Å². The zero-order valence-electron chi connectivity index (χ0n) is 27.9. The molecule has 2 aliphatic rings. The topological polar surface area (TPSA) is 166 Å². The van der Waals surface area contributed by atoms with Gasteiger partial charge in [0.25, 0.3) is 12.3 Å². The molecule has 0 bridgehead atoms. The highest BCUT2D eigenvalue weighted by atomic mass is 35.5. The van der Waals surface area contributed by atoms with E-state index in [0.29, 0.717) is 36.6 Å². The number of rotatable bonds is 13. The molecule has 0 radical (unpaired) electrons. The maximum atomic E-state index is 14.5. The fourth-order valence-electron chi connectivity index (χ4n) is 5.33. The number of aromatic nitrogens is 6. The Balaban J connectivity index is 1.41. The van der Waals surface area contributed by atoms with E-state index in [2.05, 4.69) is 50.8 Å². The molecule has 2 aromatic carbocycles. The zero-order valence-corrected chi connectivity index (χ0v) is 29.4. The maximum Gasteiger partial charge on any atom is 0.297 e. The van der Waals surface area contributed by atoms with Crippen molar-refractivity contribution in [1.29, 1.82) is 0 Å². The Morgan fingerprint density at radius 1 is 1.12 bits per heavy atom. The molecule has 2 aliphatic carbocycles. The molecule has 0 aliphatic heterocycles. The van der Waals surface area contributed by atoms with Crippen LogP contribution in [-0.4, -0.2) is 73.3 Å². The molecule has 6 rings (SSSR count). The third-order valence-corrected chi connectivity index (χ3v) is 10.8. The number of nitrogens with two attached hydrogens (primary N) is 1. The van der Waals surface area contributed by atoms with Crippen molar-refractivity contribution in [3.63, 3.8) is 0 Å². The summed E-state index contributed by atoms with van der Waals surface area (Å²) >= 11 is 6.48. The number of nitrogens with one attached hydrogen (secondary N) is 1. The summed E-state index contributed by atoms with van der Waals surface area (Å²) in [6.07, 6.45) is 3.47. The number of amides is 1. The van der Waals surface area contributed by atoms with Crippen LogP contribution in [0.1, 0.15) is 93.1 Å². The van der Waals surface area contributed by atoms with Crippen molar-refractivity contribution >= 4 is 33.5 Å². The Morgan fingerprint density at radius 3 is 2.48 bits per heavy atom. The number of benzene rings is 2. The Labute approximate surface area is 294 Å². The van der Waals surface area contributed by atoms with Crippen molar-refractivity contribution in [1.82, 2.24) is 39.4 Å². The lowest BCUT2D eigenvalue weighted by atomic mass is 9.92. The van der Waals surface area contributed by atoms with Crippen LogP contribution in [-0.2, 0) is 10.0 Å². The van der Waals surface area contributed by atoms with E-state index >= 15 is 0 Å². The number of carbonyl (C=O) groups excluding carboxylic acids is 1. The highest BCUT2D eigenvalue weighted by Gasteiger charge is 2.38. The van der Waals surface area contributed by atoms with Gasteiger partial charge in [-0.2, -0.15) is 20.1 Å². The lowest BCUT2D eigenvalue weighted by Crippen LogP contribution is -2.48. The van der Waals surface area contributed by atoms with E-state index in [0.717, 1.165) is 29.4 Å². The van der Waals surface area contributed by atoms with Gasteiger partial charge in [-0.3, -0.25) is 14.7 Å². The number of guanidine groups is 1. The second-order valence-electron chi connectivity index (χ2n) is 13.7. The SMILES string of the molecule is CC(C)(C)CCN=C(N)N(C(=O)c1ccc(-c2cnn(C3CC3)n2)cc1)[C@H](CNS(=O)(=O)C1CC1)c1ccc(Cl)c(-n2ncnc2C(F)F)c1. The Hall–Kier alpha value is -4.28. The Morgan fingerprint density at radius 2 is 1.84 bits per heavy atom. The van der Waals surface area contributed by atoms with Gasteiger partial charge in [0.2, 0.25) is 10.0 Å². The molecule has 0 unspecified atom stereocenters. The Bertz CT molecular complexity index is 1980. The summed E-state index contributed by atoms with van der Waals surface area (Å²) in [5.41, 5.74) is 8.61. The molecule has 0 spiro atoms. The summed E-state index contributed by atoms with van der Waals surface area (Å²) in [6, 6.07) is 10.5. The van der Waals surface area contributed by atoms with Gasteiger partial charge >= 0.3 is 0 Å². The van der Waals surface area contributed by atoms with Crippen LogP contribution in [0.25, 0.3) is 16.9 Å². The average molecular weight is 729 g/mol. The number of aliphatic imine (C=N–C) groups is 1. The second kappa shape index (κ2) is 14.2. The first-order chi connectivity index (χ1) is 23.7. The summed E-state index contributed by atoms with van der Waals surface area (Å²) in [7, 11) is -3.73. The number of hydrogen-bond donors (Lipinski definition) is 2. The average Bonchev–Trinajstić information content (AvgIpc) is 4.00. The lowest BCUT2D eigenvalue weighted by Gasteiger charge is -2.32. The first kappa shape index (κ1) is 35.5. The molecule has 2 fully saturated rings. The standard InChI is InChI=1S/C33H39ClF2N10O3S/c1-33(2,3)14-15-38-32(37)44(31(47)21-6-4-20(5-7-21)26-17-40-46(43-26)23-9-10-23)28(18-42-50(48,49)24-11-12-24)22-8-13-25(34)27(16-22)45-30(29(35)36)39-19-41-45/h4-8,13,16-17,19,23-24,28-29,42H,9-12,14-15,18H2,1-3H3,(H2,37,38)/t28-/m1/s1. The maximum absolute atomic E-state index is 14.5. The minimum atomic E-state index is -3.73. The van der Waals surface area contributed by atoms with E-state index in [9.17, 15) is 22.0 Å². The van der Waals surface area contributed by atoms with Crippen molar-refractivity contribution in [2.75, 3.05) is 13.1 Å². The summed E-state index contributed by atoms with van der Waals surface area (Å²) < 4.78 is 57.4. The van der Waals surface area contributed by atoms with E-state index in [-0.39, 0.29) is 40.7 Å². The van der Waals surface area contributed by atoms with Crippen LogP contribution in [0.2, 0.25) is 5.02 Å². The van der Waals surface area contributed by atoms with Crippen molar-refractivity contribution in [2.45, 2.75) is 76.6 Å². The highest BCUT2D eigenvalue weighted by molar-refractivity contribution is 7.90. The van der Waals surface area contributed by atoms with Gasteiger partial charge in [-0.1, -0.05) is 50.6 Å². The predicted octanol–water partition coefficient (Wildman–Crippen LogP) is 5.47. The van der Waals surface area contributed by atoms with Crippen LogP contribution >= 0.6 is 11.6 Å². The second-order valence-corrected chi connectivity index (χ2v) is 16.2. The predicted molar refractivity (Wildman–Crippen MR) is 184 cm³/mol. The van der Waals surface area contributed by atoms with Gasteiger partial charge in [-0.15, -0.1) is 0 Å². The minimum absolute atomic E-state index is 0.0613. The van der Waals surface area contributed by atoms with Gasteiger partial charge in [-0.05, 0) is 67.3 Å². The molecule has 0 saturated heterocycles. The number of halogens is 3. The molecule has 13 nitrogen and oxygen atoms in total. The molecule has 50 heavy (non-hydrogen) atoms. The smallest absolute Gasteiger partial charge is 0.297 e. The molecule has 266 valence electrons. The van der Waals surface area contributed by atoms with Gasteiger partial charge in [0.1, 0.15) is 12.0 Å². The van der Waals surface area contributed by atoms with E-state index in [4.69, 9.17) is 17.3 Å². The molecule has 1 atom stereocenters. The van der Waals surface area contributed by atoms with Crippen LogP contribution in [0, 0.1) is 5.41 Å². The van der Waals surface area contributed by atoms with Gasteiger partial charge < -0.3 is 5.73 Å². The van der Waals surface area contributed by atoms with Crippen molar-refractivity contribution < 1.29 is 22.0 Å². The highest BCUT2D eigenvalue weighted by Crippen LogP contribution is 2.35. The third kappa shape index (κ3) is 8.19. The monoisotopic (exact) mass is 728 g/mol. The lowest BCUT2D eigenvalue weighted by molar-refractivity contribution is 0.0799. The Kier molecular flexibility index (Phi) is 10.1. The van der Waals surface area contributed by atoms with Crippen molar-refractivity contribution in [3.8, 4) is 16.9 Å². The fourth-order valence-corrected chi connectivity index (χ4v) is 6.91. The molecule has 2 saturated carbocycles. The molecule has 2 heterocycles. The number of hydrogen-bond acceptors (Lipinski definition) is 8. The van der Waals surface area contributed by atoms with Crippen LogP contribution < -0.4 is 10.5 Å². The van der Waals surface area contributed by atoms with E-state index in [1.807, 2.05) is 0 Å². The first-order valence-electron chi connectivity index (χ1n) is 16.3. The fraction of sp³-hybridized carbons (Fsp3) is 0.455. The quantitative estimate of drug-likeness (QED) is 0.135. The van der Waals surface area contributed by atoms with Crippen molar-refractivity contribution in [3.05, 3.63) is 77.0 Å². The third-order valence-electron chi connectivity index (χ3n) is 8.52. The van der Waals surface area contributed by atoms with Gasteiger partial charge in [0.15, 0.2) is 11.8 Å². The van der Waals surface area contributed by atoms with E-state index in [1.54, 1.807) is 41.3 Å². The molecule has 4 aromatic rings. The van der Waals surface area contributed by atoms with Crippen molar-refractivity contribution in [2.24, 2.45) is 16.1 Å².